The maximum absolute atomic E-state index is 12.1. The minimum Gasteiger partial charge on any atom is -0.274 e. The summed E-state index contributed by atoms with van der Waals surface area (Å²) >= 11 is 0. The van der Waals surface area contributed by atoms with Crippen molar-refractivity contribution >= 4 is 17.5 Å². The van der Waals surface area contributed by atoms with Crippen LogP contribution >= 0.6 is 0 Å². The van der Waals surface area contributed by atoms with Gasteiger partial charge in [0, 0.05) is 6.42 Å². The second kappa shape index (κ2) is 3.70. The van der Waals surface area contributed by atoms with Crippen LogP contribution < -0.4 is 4.90 Å². The molecule has 1 fully saturated rings. The largest absolute Gasteiger partial charge is 0.274 e. The lowest BCUT2D eigenvalue weighted by atomic mass is 9.92. The van der Waals surface area contributed by atoms with Gasteiger partial charge in [0.05, 0.1) is 16.7 Å². The Morgan fingerprint density at radius 3 is 2.47 bits per heavy atom. The van der Waals surface area contributed by atoms with Crippen LogP contribution in [0.5, 0.6) is 0 Å². The summed E-state index contributed by atoms with van der Waals surface area (Å²) in [6.45, 7) is 3.48. The number of benzene rings is 1. The van der Waals surface area contributed by atoms with Gasteiger partial charge in [-0.2, -0.15) is 5.26 Å². The highest BCUT2D eigenvalue weighted by Gasteiger charge is 2.46. The number of amides is 2. The van der Waals surface area contributed by atoms with Gasteiger partial charge >= 0.3 is 0 Å². The molecule has 0 N–H and O–H groups in total. The van der Waals surface area contributed by atoms with Crippen molar-refractivity contribution in [1.29, 1.82) is 5.26 Å². The number of carbonyl (C=O) groups excluding carboxylic acids is 2. The van der Waals surface area contributed by atoms with Gasteiger partial charge in [0.25, 0.3) is 0 Å². The number of anilines is 1. The van der Waals surface area contributed by atoms with E-state index in [1.807, 2.05) is 6.07 Å². The molecule has 0 unspecified atom stereocenters. The number of hydrogen-bond acceptors (Lipinski definition) is 3. The summed E-state index contributed by atoms with van der Waals surface area (Å²) in [5.41, 5.74) is 0.0436. The molecule has 4 nitrogen and oxygen atoms in total. The monoisotopic (exact) mass is 228 g/mol. The summed E-state index contributed by atoms with van der Waals surface area (Å²) in [6.07, 6.45) is 0.186. The lowest BCUT2D eigenvalue weighted by Gasteiger charge is -2.18. The summed E-state index contributed by atoms with van der Waals surface area (Å²) in [4.78, 5) is 25.1. The lowest BCUT2D eigenvalue weighted by molar-refractivity contribution is -0.124. The van der Waals surface area contributed by atoms with Gasteiger partial charge in [-0.25, -0.2) is 4.90 Å². The highest BCUT2D eigenvalue weighted by atomic mass is 16.2. The zero-order chi connectivity index (χ0) is 12.6. The standard InChI is InChI=1S/C13H12N2O2/c1-13(2)7-11(16)15(12(13)17)10-6-4-3-5-9(10)8-14/h3-6H,7H2,1-2H3. The zero-order valence-corrected chi connectivity index (χ0v) is 9.73. The number of nitrogens with zero attached hydrogens (tertiary/aromatic N) is 2. The predicted molar refractivity (Wildman–Crippen MR) is 62.0 cm³/mol. The predicted octanol–water partition coefficient (Wildman–Crippen LogP) is 1.85. The van der Waals surface area contributed by atoms with Gasteiger partial charge in [-0.1, -0.05) is 26.0 Å². The number of imide groups is 1. The highest BCUT2D eigenvalue weighted by molar-refractivity contribution is 6.22. The molecule has 2 amide bonds. The molecule has 0 atom stereocenters. The molecule has 1 saturated heterocycles. The molecule has 1 aromatic carbocycles. The van der Waals surface area contributed by atoms with Crippen molar-refractivity contribution in [2.45, 2.75) is 20.3 Å². The Hall–Kier alpha value is -2.15. The Morgan fingerprint density at radius 2 is 1.94 bits per heavy atom. The quantitative estimate of drug-likeness (QED) is 0.689. The van der Waals surface area contributed by atoms with E-state index in [1.165, 1.54) is 0 Å². The Bertz CT molecular complexity index is 541. The van der Waals surface area contributed by atoms with E-state index in [-0.39, 0.29) is 18.2 Å². The first-order chi connectivity index (χ1) is 7.97. The second-order valence-corrected chi connectivity index (χ2v) is 4.72. The van der Waals surface area contributed by atoms with E-state index in [0.717, 1.165) is 4.90 Å². The fourth-order valence-corrected chi connectivity index (χ4v) is 1.96. The summed E-state index contributed by atoms with van der Waals surface area (Å²) in [5.74, 6) is -0.493. The summed E-state index contributed by atoms with van der Waals surface area (Å²) in [5, 5.41) is 8.98. The van der Waals surface area contributed by atoms with E-state index in [0.29, 0.717) is 11.3 Å². The van der Waals surface area contributed by atoms with Gasteiger partial charge in [0.15, 0.2) is 0 Å². The normalized spacial score (nSPS) is 18.3. The Kier molecular flexibility index (Phi) is 2.47. The van der Waals surface area contributed by atoms with Crippen LogP contribution in [0.25, 0.3) is 0 Å². The Balaban J connectivity index is 2.52. The van der Waals surface area contributed by atoms with Gasteiger partial charge in [-0.3, -0.25) is 9.59 Å². The molecule has 0 radical (unpaired) electrons. The Morgan fingerprint density at radius 1 is 1.29 bits per heavy atom. The number of carbonyl (C=O) groups is 2. The fraction of sp³-hybridized carbons (Fsp3) is 0.308. The molecule has 0 bridgehead atoms. The van der Waals surface area contributed by atoms with Crippen molar-refractivity contribution < 1.29 is 9.59 Å². The third kappa shape index (κ3) is 1.70. The molecule has 1 aliphatic rings. The average molecular weight is 228 g/mol. The maximum atomic E-state index is 12.1. The van der Waals surface area contributed by atoms with Crippen LogP contribution in [0.2, 0.25) is 0 Å². The second-order valence-electron chi connectivity index (χ2n) is 4.72. The van der Waals surface area contributed by atoms with Crippen LogP contribution in [-0.4, -0.2) is 11.8 Å². The lowest BCUT2D eigenvalue weighted by Crippen LogP contribution is -2.33. The molecule has 0 aromatic heterocycles. The van der Waals surface area contributed by atoms with Crippen LogP contribution in [0.15, 0.2) is 24.3 Å². The number of hydrogen-bond donors (Lipinski definition) is 0. The smallest absolute Gasteiger partial charge is 0.239 e. The van der Waals surface area contributed by atoms with Crippen molar-refractivity contribution in [3.8, 4) is 6.07 Å². The number of para-hydroxylation sites is 1. The van der Waals surface area contributed by atoms with Gasteiger partial charge in [0.2, 0.25) is 11.8 Å². The first kappa shape index (κ1) is 11.3. The number of rotatable bonds is 1. The molecule has 0 spiro atoms. The van der Waals surface area contributed by atoms with E-state index in [2.05, 4.69) is 0 Å². The molecule has 1 aromatic rings. The first-order valence-corrected chi connectivity index (χ1v) is 5.34. The molecular weight excluding hydrogens is 216 g/mol. The van der Waals surface area contributed by atoms with Gasteiger partial charge in [-0.05, 0) is 12.1 Å². The van der Waals surface area contributed by atoms with E-state index in [9.17, 15) is 9.59 Å². The van der Waals surface area contributed by atoms with Gasteiger partial charge in [0.1, 0.15) is 6.07 Å². The van der Waals surface area contributed by atoms with Crippen LogP contribution in [0.3, 0.4) is 0 Å². The SMILES string of the molecule is CC1(C)CC(=O)N(c2ccccc2C#N)C1=O. The van der Waals surface area contributed by atoms with Crippen molar-refractivity contribution in [3.63, 3.8) is 0 Å². The van der Waals surface area contributed by atoms with Crippen molar-refractivity contribution in [2.75, 3.05) is 4.90 Å². The molecule has 17 heavy (non-hydrogen) atoms. The van der Waals surface area contributed by atoms with E-state index < -0.39 is 5.41 Å². The minimum absolute atomic E-state index is 0.186. The molecule has 0 aliphatic carbocycles. The van der Waals surface area contributed by atoms with Crippen molar-refractivity contribution in [1.82, 2.24) is 0 Å². The molecule has 2 rings (SSSR count). The van der Waals surface area contributed by atoms with Crippen LogP contribution in [-0.2, 0) is 9.59 Å². The van der Waals surface area contributed by atoms with Crippen molar-refractivity contribution in [3.05, 3.63) is 29.8 Å². The van der Waals surface area contributed by atoms with Crippen LogP contribution in [0, 0.1) is 16.7 Å². The first-order valence-electron chi connectivity index (χ1n) is 5.34. The molecule has 86 valence electrons. The average Bonchev–Trinajstić information content (AvgIpc) is 2.48. The molecular formula is C13H12N2O2. The van der Waals surface area contributed by atoms with E-state index in [4.69, 9.17) is 5.26 Å². The highest BCUT2D eigenvalue weighted by Crippen LogP contribution is 2.36. The van der Waals surface area contributed by atoms with Gasteiger partial charge in [-0.15, -0.1) is 0 Å². The molecule has 4 heteroatoms. The third-order valence-electron chi connectivity index (χ3n) is 2.89. The van der Waals surface area contributed by atoms with E-state index >= 15 is 0 Å². The summed E-state index contributed by atoms with van der Waals surface area (Å²) in [6, 6.07) is 8.63. The summed E-state index contributed by atoms with van der Waals surface area (Å²) in [7, 11) is 0. The van der Waals surface area contributed by atoms with Crippen LogP contribution in [0.1, 0.15) is 25.8 Å². The fourth-order valence-electron chi connectivity index (χ4n) is 1.96. The third-order valence-corrected chi connectivity index (χ3v) is 2.89. The summed E-state index contributed by atoms with van der Waals surface area (Å²) < 4.78 is 0. The number of nitriles is 1. The minimum atomic E-state index is -0.681. The van der Waals surface area contributed by atoms with Crippen molar-refractivity contribution in [2.24, 2.45) is 5.41 Å². The van der Waals surface area contributed by atoms with Crippen LogP contribution in [0.4, 0.5) is 5.69 Å². The molecule has 0 saturated carbocycles. The molecule has 1 heterocycles. The topological polar surface area (TPSA) is 61.2 Å². The van der Waals surface area contributed by atoms with Gasteiger partial charge < -0.3 is 0 Å². The Labute approximate surface area is 99.5 Å². The molecule has 1 aliphatic heterocycles. The maximum Gasteiger partial charge on any atom is 0.239 e. The van der Waals surface area contributed by atoms with E-state index in [1.54, 1.807) is 38.1 Å². The zero-order valence-electron chi connectivity index (χ0n) is 9.73.